The molecule has 1 aromatic carbocycles. The Morgan fingerprint density at radius 2 is 1.81 bits per heavy atom. The second kappa shape index (κ2) is 7.90. The van der Waals surface area contributed by atoms with Crippen molar-refractivity contribution in [1.82, 2.24) is 14.3 Å². The average molecular weight is 386 g/mol. The van der Waals surface area contributed by atoms with E-state index in [9.17, 15) is 8.42 Å². The number of hydrogen-bond donors (Lipinski definition) is 1. The highest BCUT2D eigenvalue weighted by Gasteiger charge is 2.29. The van der Waals surface area contributed by atoms with E-state index in [-0.39, 0.29) is 4.90 Å². The molecule has 0 aliphatic carbocycles. The molecule has 0 amide bonds. The van der Waals surface area contributed by atoms with Crippen LogP contribution in [0.2, 0.25) is 0 Å². The van der Waals surface area contributed by atoms with Gasteiger partial charge in [-0.25, -0.2) is 18.4 Å². The van der Waals surface area contributed by atoms with Gasteiger partial charge in [0.05, 0.1) is 16.5 Å². The molecule has 27 heavy (non-hydrogen) atoms. The van der Waals surface area contributed by atoms with Gasteiger partial charge in [-0.15, -0.1) is 0 Å². The summed E-state index contributed by atoms with van der Waals surface area (Å²) >= 11 is 0. The van der Waals surface area contributed by atoms with Gasteiger partial charge in [-0.1, -0.05) is 0 Å². The van der Waals surface area contributed by atoms with Crippen molar-refractivity contribution in [3.63, 3.8) is 0 Å². The second-order valence-electron chi connectivity index (χ2n) is 6.22. The number of hydrogen-bond acceptors (Lipinski definition) is 7. The smallest absolute Gasteiger partial charge is 0.243 e. The molecule has 0 spiro atoms. The Balaban J connectivity index is 1.72. The fraction of sp³-hybridized carbons (Fsp3) is 0.389. The van der Waals surface area contributed by atoms with Gasteiger partial charge in [0.25, 0.3) is 0 Å². The molecule has 0 saturated carbocycles. The minimum atomic E-state index is -3.57. The van der Waals surface area contributed by atoms with E-state index < -0.39 is 10.0 Å². The summed E-state index contributed by atoms with van der Waals surface area (Å²) in [7, 11) is -3.57. The van der Waals surface area contributed by atoms with Crippen molar-refractivity contribution in [3.8, 4) is 6.07 Å². The van der Waals surface area contributed by atoms with E-state index in [1.165, 1.54) is 28.6 Å². The van der Waals surface area contributed by atoms with Crippen LogP contribution in [0.1, 0.15) is 18.3 Å². The third-order valence-electron chi connectivity index (χ3n) is 4.37. The molecule has 1 aliphatic rings. The second-order valence-corrected chi connectivity index (χ2v) is 8.15. The summed E-state index contributed by atoms with van der Waals surface area (Å²) in [6, 6.07) is 9.90. The van der Waals surface area contributed by atoms with Crippen molar-refractivity contribution in [2.75, 3.05) is 42.9 Å². The van der Waals surface area contributed by atoms with E-state index in [1.807, 2.05) is 26.0 Å². The first kappa shape index (κ1) is 19.1. The normalized spacial score (nSPS) is 15.4. The predicted octanol–water partition coefficient (Wildman–Crippen LogP) is 1.60. The number of piperazine rings is 1. The Hall–Kier alpha value is -2.70. The first-order valence-electron chi connectivity index (χ1n) is 8.79. The summed E-state index contributed by atoms with van der Waals surface area (Å²) in [5.74, 6) is 2.25. The van der Waals surface area contributed by atoms with Crippen LogP contribution in [0.4, 0.5) is 11.6 Å². The van der Waals surface area contributed by atoms with E-state index in [4.69, 9.17) is 5.26 Å². The van der Waals surface area contributed by atoms with Crippen LogP contribution in [0.25, 0.3) is 0 Å². The Labute approximate surface area is 159 Å². The van der Waals surface area contributed by atoms with Gasteiger partial charge in [0.2, 0.25) is 10.0 Å². The number of nitrogens with zero attached hydrogens (tertiary/aromatic N) is 5. The lowest BCUT2D eigenvalue weighted by atomic mass is 10.2. The molecule has 142 valence electrons. The first-order valence-corrected chi connectivity index (χ1v) is 10.2. The number of nitrogens with one attached hydrogen (secondary N) is 1. The fourth-order valence-electron chi connectivity index (χ4n) is 2.99. The van der Waals surface area contributed by atoms with Crippen LogP contribution >= 0.6 is 0 Å². The lowest BCUT2D eigenvalue weighted by Gasteiger charge is -2.34. The van der Waals surface area contributed by atoms with E-state index in [0.29, 0.717) is 37.6 Å². The van der Waals surface area contributed by atoms with Crippen LogP contribution in [0.3, 0.4) is 0 Å². The summed E-state index contributed by atoms with van der Waals surface area (Å²) in [5, 5.41) is 12.0. The lowest BCUT2D eigenvalue weighted by molar-refractivity contribution is 0.383. The molecule has 0 unspecified atom stereocenters. The topological polar surface area (TPSA) is 102 Å². The number of nitriles is 1. The molecule has 3 rings (SSSR count). The van der Waals surface area contributed by atoms with Gasteiger partial charge in [0, 0.05) is 38.8 Å². The molecule has 0 radical (unpaired) electrons. The third kappa shape index (κ3) is 4.18. The summed E-state index contributed by atoms with van der Waals surface area (Å²) in [6.07, 6.45) is 0. The monoisotopic (exact) mass is 386 g/mol. The van der Waals surface area contributed by atoms with Gasteiger partial charge in [-0.05, 0) is 38.1 Å². The van der Waals surface area contributed by atoms with Crippen molar-refractivity contribution in [1.29, 1.82) is 5.26 Å². The number of aromatic nitrogens is 2. The highest BCUT2D eigenvalue weighted by molar-refractivity contribution is 7.89. The number of anilines is 2. The zero-order chi connectivity index (χ0) is 19.4. The molecule has 9 heteroatoms. The zero-order valence-electron chi connectivity index (χ0n) is 15.4. The minimum Gasteiger partial charge on any atom is -0.370 e. The Bertz CT molecular complexity index is 945. The molecular weight excluding hydrogens is 364 g/mol. The Kier molecular flexibility index (Phi) is 5.58. The molecule has 1 fully saturated rings. The number of rotatable bonds is 5. The van der Waals surface area contributed by atoms with Crippen molar-refractivity contribution in [3.05, 3.63) is 41.7 Å². The van der Waals surface area contributed by atoms with Crippen molar-refractivity contribution in [2.45, 2.75) is 18.7 Å². The van der Waals surface area contributed by atoms with Gasteiger partial charge in [-0.2, -0.15) is 9.57 Å². The van der Waals surface area contributed by atoms with Gasteiger partial charge in [0.1, 0.15) is 17.5 Å². The van der Waals surface area contributed by atoms with Crippen LogP contribution in [0, 0.1) is 18.3 Å². The first-order chi connectivity index (χ1) is 12.9. The largest absolute Gasteiger partial charge is 0.370 e. The quantitative estimate of drug-likeness (QED) is 0.832. The summed E-state index contributed by atoms with van der Waals surface area (Å²) < 4.78 is 27.1. The molecular formula is C18H22N6O2S. The average Bonchev–Trinajstić information content (AvgIpc) is 2.68. The highest BCUT2D eigenvalue weighted by atomic mass is 32.2. The molecule has 1 N–H and O–H groups in total. The van der Waals surface area contributed by atoms with Crippen molar-refractivity contribution >= 4 is 21.7 Å². The maximum Gasteiger partial charge on any atom is 0.243 e. The Morgan fingerprint density at radius 3 is 2.41 bits per heavy atom. The molecule has 8 nitrogen and oxygen atoms in total. The SMILES string of the molecule is CCNc1cc(N2CCN(S(=O)(=O)c3ccc(C#N)cc3)CC2)nc(C)n1. The molecule has 0 atom stereocenters. The maximum absolute atomic E-state index is 12.8. The van der Waals surface area contributed by atoms with Crippen LogP contribution in [0.15, 0.2) is 35.2 Å². The molecule has 1 saturated heterocycles. The molecule has 0 bridgehead atoms. The maximum atomic E-state index is 12.8. The molecule has 1 aliphatic heterocycles. The zero-order valence-corrected chi connectivity index (χ0v) is 16.2. The third-order valence-corrected chi connectivity index (χ3v) is 6.28. The standard InChI is InChI=1S/C18H22N6O2S/c1-3-20-17-12-18(22-14(2)21-17)23-8-10-24(11-9-23)27(25,26)16-6-4-15(13-19)5-7-16/h4-7,12H,3,8-11H2,1-2H3,(H,20,21,22). The summed E-state index contributed by atoms with van der Waals surface area (Å²) in [6.45, 7) is 6.48. The Morgan fingerprint density at radius 1 is 1.15 bits per heavy atom. The molecule has 2 aromatic rings. The number of benzene rings is 1. The van der Waals surface area contributed by atoms with E-state index >= 15 is 0 Å². The predicted molar refractivity (Wildman–Crippen MR) is 103 cm³/mol. The van der Waals surface area contributed by atoms with E-state index in [1.54, 1.807) is 0 Å². The van der Waals surface area contributed by atoms with E-state index in [2.05, 4.69) is 20.2 Å². The van der Waals surface area contributed by atoms with E-state index in [0.717, 1.165) is 18.2 Å². The number of aryl methyl sites for hydroxylation is 1. The molecule has 2 heterocycles. The van der Waals surface area contributed by atoms with Crippen LogP contribution < -0.4 is 10.2 Å². The van der Waals surface area contributed by atoms with Gasteiger partial charge in [-0.3, -0.25) is 0 Å². The van der Waals surface area contributed by atoms with Gasteiger partial charge >= 0.3 is 0 Å². The van der Waals surface area contributed by atoms with Crippen molar-refractivity contribution < 1.29 is 8.42 Å². The van der Waals surface area contributed by atoms with Gasteiger partial charge in [0.15, 0.2) is 0 Å². The lowest BCUT2D eigenvalue weighted by Crippen LogP contribution is -2.49. The van der Waals surface area contributed by atoms with Crippen LogP contribution in [-0.4, -0.2) is 55.4 Å². The summed E-state index contributed by atoms with van der Waals surface area (Å²) in [4.78, 5) is 11.1. The highest BCUT2D eigenvalue weighted by Crippen LogP contribution is 2.22. The minimum absolute atomic E-state index is 0.210. The molecule has 1 aromatic heterocycles. The van der Waals surface area contributed by atoms with Crippen LogP contribution in [0.5, 0.6) is 0 Å². The number of sulfonamides is 1. The summed E-state index contributed by atoms with van der Waals surface area (Å²) in [5.41, 5.74) is 0.439. The van der Waals surface area contributed by atoms with Crippen molar-refractivity contribution in [2.24, 2.45) is 0 Å². The van der Waals surface area contributed by atoms with Crippen LogP contribution in [-0.2, 0) is 10.0 Å². The van der Waals surface area contributed by atoms with Gasteiger partial charge < -0.3 is 10.2 Å². The fourth-order valence-corrected chi connectivity index (χ4v) is 4.42.